The smallest absolute Gasteiger partial charge is 0.211 e. The van der Waals surface area contributed by atoms with Gasteiger partial charge in [-0.3, -0.25) is 4.79 Å². The van der Waals surface area contributed by atoms with E-state index in [-0.39, 0.29) is 18.1 Å². The van der Waals surface area contributed by atoms with E-state index in [2.05, 4.69) is 0 Å². The van der Waals surface area contributed by atoms with Crippen molar-refractivity contribution in [2.24, 2.45) is 5.92 Å². The summed E-state index contributed by atoms with van der Waals surface area (Å²) in [6.45, 7) is 0.892. The third kappa shape index (κ3) is 3.86. The van der Waals surface area contributed by atoms with Crippen LogP contribution in [0.15, 0.2) is 24.3 Å². The van der Waals surface area contributed by atoms with E-state index in [0.717, 1.165) is 12.8 Å². The Morgan fingerprint density at radius 1 is 1.45 bits per heavy atom. The molecule has 1 heterocycles. The van der Waals surface area contributed by atoms with Crippen LogP contribution in [0.4, 0.5) is 4.39 Å². The summed E-state index contributed by atoms with van der Waals surface area (Å²) in [6, 6.07) is 5.61. The number of carbonyl (C=O) groups excluding carboxylic acids is 1. The largest absolute Gasteiger partial charge is 0.294 e. The van der Waals surface area contributed by atoms with Crippen LogP contribution in [-0.2, 0) is 10.0 Å². The molecule has 0 aliphatic carbocycles. The summed E-state index contributed by atoms with van der Waals surface area (Å²) in [5.74, 6) is -0.559. The van der Waals surface area contributed by atoms with Gasteiger partial charge in [-0.05, 0) is 30.9 Å². The van der Waals surface area contributed by atoms with Crippen LogP contribution in [-0.4, -0.2) is 37.9 Å². The van der Waals surface area contributed by atoms with Gasteiger partial charge in [-0.25, -0.2) is 17.1 Å². The Labute approximate surface area is 118 Å². The van der Waals surface area contributed by atoms with E-state index in [1.807, 2.05) is 0 Å². The number of ketones is 1. The second-order valence-corrected chi connectivity index (χ2v) is 7.25. The molecule has 1 aliphatic rings. The van der Waals surface area contributed by atoms with Crippen LogP contribution in [0.2, 0.25) is 0 Å². The summed E-state index contributed by atoms with van der Waals surface area (Å²) in [7, 11) is -3.20. The minimum absolute atomic E-state index is 0.00856. The summed E-state index contributed by atoms with van der Waals surface area (Å²) in [5, 5.41) is 0. The Kier molecular flexibility index (Phi) is 4.55. The molecule has 0 radical (unpaired) electrons. The maximum Gasteiger partial charge on any atom is 0.211 e. The molecule has 1 aromatic carbocycles. The average Bonchev–Trinajstić information content (AvgIpc) is 2.38. The van der Waals surface area contributed by atoms with Gasteiger partial charge in [-0.1, -0.05) is 12.1 Å². The molecular formula is C14H18FNO3S. The number of sulfonamides is 1. The highest BCUT2D eigenvalue weighted by atomic mass is 32.2. The van der Waals surface area contributed by atoms with Crippen molar-refractivity contribution in [3.8, 4) is 0 Å². The Bertz CT molecular complexity index is 600. The predicted molar refractivity (Wildman–Crippen MR) is 74.5 cm³/mol. The number of nitrogens with zero attached hydrogens (tertiary/aromatic N) is 1. The SMILES string of the molecule is CS(=O)(=O)N1CCCC(CC(=O)c2cccc(F)c2)C1. The number of benzene rings is 1. The van der Waals surface area contributed by atoms with Crippen molar-refractivity contribution < 1.29 is 17.6 Å². The fraction of sp³-hybridized carbons (Fsp3) is 0.500. The van der Waals surface area contributed by atoms with E-state index in [9.17, 15) is 17.6 Å². The lowest BCUT2D eigenvalue weighted by Gasteiger charge is -2.30. The van der Waals surface area contributed by atoms with Gasteiger partial charge in [0, 0.05) is 25.1 Å². The summed E-state index contributed by atoms with van der Waals surface area (Å²) >= 11 is 0. The molecule has 0 saturated carbocycles. The summed E-state index contributed by atoms with van der Waals surface area (Å²) < 4.78 is 37.5. The molecule has 1 aliphatic heterocycles. The molecule has 1 fully saturated rings. The molecule has 0 N–H and O–H groups in total. The fourth-order valence-electron chi connectivity index (χ4n) is 2.54. The Morgan fingerprint density at radius 2 is 2.20 bits per heavy atom. The van der Waals surface area contributed by atoms with Crippen molar-refractivity contribution in [2.75, 3.05) is 19.3 Å². The lowest BCUT2D eigenvalue weighted by atomic mass is 9.92. The third-order valence-electron chi connectivity index (χ3n) is 3.57. The average molecular weight is 299 g/mol. The van der Waals surface area contributed by atoms with E-state index >= 15 is 0 Å². The van der Waals surface area contributed by atoms with Crippen molar-refractivity contribution >= 4 is 15.8 Å². The highest BCUT2D eigenvalue weighted by Crippen LogP contribution is 2.23. The molecule has 0 bridgehead atoms. The first-order chi connectivity index (χ1) is 9.36. The topological polar surface area (TPSA) is 54.5 Å². The standard InChI is InChI=1S/C14H18FNO3S/c1-20(18,19)16-7-3-4-11(10-16)8-14(17)12-5-2-6-13(15)9-12/h2,5-6,9,11H,3-4,7-8,10H2,1H3. The molecule has 1 atom stereocenters. The zero-order valence-electron chi connectivity index (χ0n) is 11.4. The first-order valence-corrected chi connectivity index (χ1v) is 8.45. The molecule has 20 heavy (non-hydrogen) atoms. The molecule has 110 valence electrons. The molecule has 0 amide bonds. The fourth-order valence-corrected chi connectivity index (χ4v) is 3.48. The van der Waals surface area contributed by atoms with Crippen molar-refractivity contribution in [1.82, 2.24) is 4.31 Å². The Hall–Kier alpha value is -1.27. The van der Waals surface area contributed by atoms with E-state index in [1.54, 1.807) is 6.07 Å². The van der Waals surface area contributed by atoms with Crippen molar-refractivity contribution in [3.63, 3.8) is 0 Å². The van der Waals surface area contributed by atoms with Crippen LogP contribution in [0.1, 0.15) is 29.6 Å². The lowest BCUT2D eigenvalue weighted by molar-refractivity contribution is 0.0942. The molecule has 1 saturated heterocycles. The molecule has 0 aromatic heterocycles. The number of piperidine rings is 1. The summed E-state index contributed by atoms with van der Waals surface area (Å²) in [6.07, 6.45) is 3.03. The van der Waals surface area contributed by atoms with Gasteiger partial charge in [-0.15, -0.1) is 0 Å². The van der Waals surface area contributed by atoms with Crippen LogP contribution in [0.5, 0.6) is 0 Å². The molecule has 1 aromatic rings. The maximum absolute atomic E-state index is 13.1. The molecule has 4 nitrogen and oxygen atoms in total. The summed E-state index contributed by atoms with van der Waals surface area (Å²) in [5.41, 5.74) is 0.349. The zero-order valence-corrected chi connectivity index (χ0v) is 12.2. The van der Waals surface area contributed by atoms with E-state index in [1.165, 1.54) is 28.8 Å². The second-order valence-electron chi connectivity index (χ2n) is 5.27. The van der Waals surface area contributed by atoms with Gasteiger partial charge in [0.15, 0.2) is 5.78 Å². The van der Waals surface area contributed by atoms with E-state index in [0.29, 0.717) is 18.7 Å². The monoisotopic (exact) mass is 299 g/mol. The zero-order chi connectivity index (χ0) is 14.8. The normalized spacial score (nSPS) is 20.8. The van der Waals surface area contributed by atoms with Gasteiger partial charge in [-0.2, -0.15) is 0 Å². The number of hydrogen-bond donors (Lipinski definition) is 0. The van der Waals surface area contributed by atoms with E-state index in [4.69, 9.17) is 0 Å². The first-order valence-electron chi connectivity index (χ1n) is 6.60. The molecular weight excluding hydrogens is 281 g/mol. The van der Waals surface area contributed by atoms with E-state index < -0.39 is 15.8 Å². The van der Waals surface area contributed by atoms with Crippen LogP contribution in [0, 0.1) is 11.7 Å². The minimum Gasteiger partial charge on any atom is -0.294 e. The number of rotatable bonds is 4. The van der Waals surface area contributed by atoms with Crippen molar-refractivity contribution in [2.45, 2.75) is 19.3 Å². The van der Waals surface area contributed by atoms with Gasteiger partial charge < -0.3 is 0 Å². The molecule has 6 heteroatoms. The highest BCUT2D eigenvalue weighted by molar-refractivity contribution is 7.88. The second kappa shape index (κ2) is 6.01. The maximum atomic E-state index is 13.1. The third-order valence-corrected chi connectivity index (χ3v) is 4.84. The number of halogens is 1. The lowest BCUT2D eigenvalue weighted by Crippen LogP contribution is -2.39. The van der Waals surface area contributed by atoms with Crippen LogP contribution < -0.4 is 0 Å². The van der Waals surface area contributed by atoms with Gasteiger partial charge in [0.1, 0.15) is 5.82 Å². The quantitative estimate of drug-likeness (QED) is 0.800. The number of carbonyl (C=O) groups is 1. The van der Waals surface area contributed by atoms with Gasteiger partial charge in [0.05, 0.1) is 6.26 Å². The van der Waals surface area contributed by atoms with Gasteiger partial charge >= 0.3 is 0 Å². The minimum atomic E-state index is -3.20. The van der Waals surface area contributed by atoms with Crippen molar-refractivity contribution in [1.29, 1.82) is 0 Å². The van der Waals surface area contributed by atoms with Crippen molar-refractivity contribution in [3.05, 3.63) is 35.6 Å². The Morgan fingerprint density at radius 3 is 2.85 bits per heavy atom. The van der Waals surface area contributed by atoms with Gasteiger partial charge in [0.2, 0.25) is 10.0 Å². The number of Topliss-reactive ketones (excluding diaryl/α,β-unsaturated/α-hetero) is 1. The number of hydrogen-bond acceptors (Lipinski definition) is 3. The summed E-state index contributed by atoms with van der Waals surface area (Å²) in [4.78, 5) is 12.1. The highest BCUT2D eigenvalue weighted by Gasteiger charge is 2.27. The van der Waals surface area contributed by atoms with Crippen LogP contribution in [0.3, 0.4) is 0 Å². The van der Waals surface area contributed by atoms with Gasteiger partial charge in [0.25, 0.3) is 0 Å². The predicted octanol–water partition coefficient (Wildman–Crippen LogP) is 2.07. The molecule has 1 unspecified atom stereocenters. The first kappa shape index (κ1) is 15.1. The molecule has 0 spiro atoms. The van der Waals surface area contributed by atoms with Crippen LogP contribution in [0.25, 0.3) is 0 Å². The Balaban J connectivity index is 2.01. The molecule has 2 rings (SSSR count). The van der Waals surface area contributed by atoms with Crippen LogP contribution >= 0.6 is 0 Å².